The first-order valence-electron chi connectivity index (χ1n) is 8.58. The van der Waals surface area contributed by atoms with Crippen molar-refractivity contribution in [3.8, 4) is 6.07 Å². The SMILES string of the molecule is CCCCCCc1ccc2sc3c4cc(C#N)ccc4sc3c2c1. The molecule has 0 amide bonds. The van der Waals surface area contributed by atoms with Gasteiger partial charge in [-0.15, -0.1) is 22.7 Å². The number of benzene rings is 2. The van der Waals surface area contributed by atoms with Crippen molar-refractivity contribution in [3.63, 3.8) is 0 Å². The van der Waals surface area contributed by atoms with Crippen LogP contribution in [0.3, 0.4) is 0 Å². The molecule has 4 aromatic rings. The minimum Gasteiger partial charge on any atom is -0.192 e. The molecule has 0 aliphatic heterocycles. The van der Waals surface area contributed by atoms with Crippen LogP contribution in [0.2, 0.25) is 0 Å². The lowest BCUT2D eigenvalue weighted by Gasteiger charge is -2.01. The first kappa shape index (κ1) is 15.6. The number of aryl methyl sites for hydroxylation is 1. The lowest BCUT2D eigenvalue weighted by molar-refractivity contribution is 0.667. The van der Waals surface area contributed by atoms with Crippen molar-refractivity contribution in [1.29, 1.82) is 5.26 Å². The smallest absolute Gasteiger partial charge is 0.0991 e. The molecular formula is C21H19NS2. The maximum atomic E-state index is 9.16. The summed E-state index contributed by atoms with van der Waals surface area (Å²) in [5.74, 6) is 0. The summed E-state index contributed by atoms with van der Waals surface area (Å²) in [5.41, 5.74) is 2.20. The molecule has 0 aliphatic rings. The van der Waals surface area contributed by atoms with Crippen LogP contribution in [-0.4, -0.2) is 0 Å². The molecule has 1 nitrogen and oxygen atoms in total. The molecule has 0 N–H and O–H groups in total. The van der Waals surface area contributed by atoms with Gasteiger partial charge < -0.3 is 0 Å². The van der Waals surface area contributed by atoms with Crippen LogP contribution >= 0.6 is 22.7 Å². The van der Waals surface area contributed by atoms with Gasteiger partial charge in [-0.25, -0.2) is 0 Å². The molecular weight excluding hydrogens is 330 g/mol. The maximum Gasteiger partial charge on any atom is 0.0991 e. The quantitative estimate of drug-likeness (QED) is 0.348. The normalized spacial score (nSPS) is 11.5. The summed E-state index contributed by atoms with van der Waals surface area (Å²) in [5, 5.41) is 11.8. The maximum absolute atomic E-state index is 9.16. The molecule has 0 saturated heterocycles. The molecule has 2 aromatic heterocycles. The summed E-state index contributed by atoms with van der Waals surface area (Å²) in [4.78, 5) is 0. The molecule has 0 unspecified atom stereocenters. The molecule has 0 saturated carbocycles. The van der Waals surface area contributed by atoms with Crippen molar-refractivity contribution in [1.82, 2.24) is 0 Å². The lowest BCUT2D eigenvalue weighted by atomic mass is 10.0. The fraction of sp³-hybridized carbons (Fsp3) is 0.286. The second kappa shape index (κ2) is 6.55. The Balaban J connectivity index is 1.78. The van der Waals surface area contributed by atoms with Crippen molar-refractivity contribution in [2.45, 2.75) is 39.0 Å². The van der Waals surface area contributed by atoms with Crippen LogP contribution in [0.1, 0.15) is 43.7 Å². The summed E-state index contributed by atoms with van der Waals surface area (Å²) in [6.07, 6.45) is 6.41. The van der Waals surface area contributed by atoms with Crippen LogP contribution < -0.4 is 0 Å². The fourth-order valence-electron chi connectivity index (χ4n) is 3.29. The summed E-state index contributed by atoms with van der Waals surface area (Å²) in [6, 6.07) is 15.3. The van der Waals surface area contributed by atoms with Gasteiger partial charge in [0, 0.05) is 20.2 Å². The Bertz CT molecular complexity index is 1060. The number of nitrogens with zero attached hydrogens (tertiary/aromatic N) is 1. The van der Waals surface area contributed by atoms with Gasteiger partial charge in [-0.3, -0.25) is 0 Å². The van der Waals surface area contributed by atoms with E-state index in [4.69, 9.17) is 5.26 Å². The Labute approximate surface area is 150 Å². The van der Waals surface area contributed by atoms with Crippen LogP contribution in [0, 0.1) is 11.3 Å². The van der Waals surface area contributed by atoms with Crippen molar-refractivity contribution in [2.24, 2.45) is 0 Å². The molecule has 0 fully saturated rings. The number of nitriles is 1. The molecule has 24 heavy (non-hydrogen) atoms. The molecule has 2 heterocycles. The van der Waals surface area contributed by atoms with Crippen LogP contribution in [0.5, 0.6) is 0 Å². The van der Waals surface area contributed by atoms with Gasteiger partial charge in [-0.1, -0.05) is 32.3 Å². The third kappa shape index (κ3) is 2.70. The van der Waals surface area contributed by atoms with Crippen molar-refractivity contribution >= 4 is 52.2 Å². The second-order valence-electron chi connectivity index (χ2n) is 6.33. The highest BCUT2D eigenvalue weighted by molar-refractivity contribution is 7.36. The van der Waals surface area contributed by atoms with E-state index in [9.17, 15) is 0 Å². The minimum atomic E-state index is 0.747. The van der Waals surface area contributed by atoms with Gasteiger partial charge in [0.05, 0.1) is 21.0 Å². The average Bonchev–Trinajstić information content (AvgIpc) is 3.14. The van der Waals surface area contributed by atoms with E-state index in [2.05, 4.69) is 37.3 Å². The van der Waals surface area contributed by atoms with Crippen LogP contribution in [0.15, 0.2) is 36.4 Å². The van der Waals surface area contributed by atoms with Gasteiger partial charge in [-0.05, 0) is 48.7 Å². The molecule has 4 rings (SSSR count). The highest BCUT2D eigenvalue weighted by atomic mass is 32.1. The average molecular weight is 350 g/mol. The molecule has 0 atom stereocenters. The zero-order valence-electron chi connectivity index (χ0n) is 13.8. The van der Waals surface area contributed by atoms with Crippen LogP contribution in [0.25, 0.3) is 29.6 Å². The summed E-state index contributed by atoms with van der Waals surface area (Å²) >= 11 is 3.72. The number of unbranched alkanes of at least 4 members (excludes halogenated alkanes) is 3. The van der Waals surface area contributed by atoms with E-state index < -0.39 is 0 Å². The van der Waals surface area contributed by atoms with Gasteiger partial charge in [0.2, 0.25) is 0 Å². The second-order valence-corrected chi connectivity index (χ2v) is 8.43. The molecule has 2 aromatic carbocycles. The van der Waals surface area contributed by atoms with Crippen LogP contribution in [0.4, 0.5) is 0 Å². The molecule has 0 aliphatic carbocycles. The zero-order chi connectivity index (χ0) is 16.5. The van der Waals surface area contributed by atoms with E-state index in [1.807, 2.05) is 34.8 Å². The Hall–Kier alpha value is -1.89. The van der Waals surface area contributed by atoms with Gasteiger partial charge >= 0.3 is 0 Å². The highest BCUT2D eigenvalue weighted by Gasteiger charge is 2.13. The monoisotopic (exact) mass is 349 g/mol. The van der Waals surface area contributed by atoms with E-state index in [1.165, 1.54) is 67.2 Å². The lowest BCUT2D eigenvalue weighted by Crippen LogP contribution is -1.85. The Morgan fingerprint density at radius 1 is 0.875 bits per heavy atom. The van der Waals surface area contributed by atoms with E-state index in [0.717, 1.165) is 5.56 Å². The van der Waals surface area contributed by atoms with Gasteiger partial charge in [0.1, 0.15) is 0 Å². The van der Waals surface area contributed by atoms with Crippen molar-refractivity contribution in [3.05, 3.63) is 47.5 Å². The molecule has 0 bridgehead atoms. The Morgan fingerprint density at radius 2 is 1.58 bits per heavy atom. The largest absolute Gasteiger partial charge is 0.192 e. The predicted molar refractivity (Wildman–Crippen MR) is 107 cm³/mol. The van der Waals surface area contributed by atoms with E-state index >= 15 is 0 Å². The van der Waals surface area contributed by atoms with E-state index in [1.54, 1.807) is 0 Å². The highest BCUT2D eigenvalue weighted by Crippen LogP contribution is 2.44. The van der Waals surface area contributed by atoms with Crippen molar-refractivity contribution in [2.75, 3.05) is 0 Å². The number of rotatable bonds is 5. The summed E-state index contributed by atoms with van der Waals surface area (Å²) < 4.78 is 5.36. The number of hydrogen-bond donors (Lipinski definition) is 0. The molecule has 0 radical (unpaired) electrons. The molecule has 3 heteroatoms. The first-order chi connectivity index (χ1) is 11.8. The van der Waals surface area contributed by atoms with E-state index in [0.29, 0.717) is 0 Å². The topological polar surface area (TPSA) is 23.8 Å². The fourth-order valence-corrected chi connectivity index (χ4v) is 5.88. The predicted octanol–water partition coefficient (Wildman–Crippen LogP) is 7.26. The van der Waals surface area contributed by atoms with E-state index in [-0.39, 0.29) is 0 Å². The van der Waals surface area contributed by atoms with Crippen LogP contribution in [-0.2, 0) is 6.42 Å². The molecule has 0 spiro atoms. The number of fused-ring (bicyclic) bond motifs is 5. The standard InChI is InChI=1S/C21H19NS2/c1-2-3-4-5-6-14-7-9-18-16(11-14)20-21(23-18)17-12-15(13-22)8-10-19(17)24-20/h7-12H,2-6H2,1H3. The van der Waals surface area contributed by atoms with Crippen molar-refractivity contribution < 1.29 is 0 Å². The minimum absolute atomic E-state index is 0.747. The number of hydrogen-bond acceptors (Lipinski definition) is 3. The Morgan fingerprint density at radius 3 is 2.29 bits per heavy atom. The third-order valence-electron chi connectivity index (χ3n) is 4.59. The number of thiophene rings is 2. The Kier molecular flexibility index (Phi) is 4.26. The third-order valence-corrected chi connectivity index (χ3v) is 7.13. The van der Waals surface area contributed by atoms with Gasteiger partial charge in [0.25, 0.3) is 0 Å². The first-order valence-corrected chi connectivity index (χ1v) is 10.2. The summed E-state index contributed by atoms with van der Waals surface area (Å²) in [6.45, 7) is 2.26. The zero-order valence-corrected chi connectivity index (χ0v) is 15.4. The summed E-state index contributed by atoms with van der Waals surface area (Å²) in [7, 11) is 0. The van der Waals surface area contributed by atoms with Gasteiger partial charge in [-0.2, -0.15) is 5.26 Å². The van der Waals surface area contributed by atoms with Gasteiger partial charge in [0.15, 0.2) is 0 Å². The molecule has 120 valence electrons.